The van der Waals surface area contributed by atoms with Crippen molar-refractivity contribution < 1.29 is 14.3 Å². The number of rotatable bonds is 6. The number of benzene rings is 2. The fraction of sp³-hybridized carbons (Fsp3) is 0.222. The largest absolute Gasteiger partial charge is 0.494 e. The van der Waals surface area contributed by atoms with Gasteiger partial charge in [0, 0.05) is 0 Å². The molecule has 5 nitrogen and oxygen atoms in total. The normalized spacial score (nSPS) is 10.6. The van der Waals surface area contributed by atoms with E-state index in [-0.39, 0.29) is 12.3 Å². The second kappa shape index (κ2) is 7.31. The van der Waals surface area contributed by atoms with Crippen molar-refractivity contribution in [3.05, 3.63) is 48.0 Å². The molecule has 3 aromatic rings. The van der Waals surface area contributed by atoms with Crippen LogP contribution in [0, 0.1) is 6.92 Å². The summed E-state index contributed by atoms with van der Waals surface area (Å²) in [5.74, 6) is 1.34. The van der Waals surface area contributed by atoms with Crippen LogP contribution in [-0.2, 0) is 4.79 Å². The van der Waals surface area contributed by atoms with Crippen LogP contribution in [0.25, 0.3) is 10.2 Å². The van der Waals surface area contributed by atoms with Crippen molar-refractivity contribution in [2.75, 3.05) is 19.0 Å². The van der Waals surface area contributed by atoms with Crippen LogP contribution in [-0.4, -0.2) is 24.6 Å². The average Bonchev–Trinajstić information content (AvgIpc) is 3.01. The van der Waals surface area contributed by atoms with Gasteiger partial charge in [-0.25, -0.2) is 4.98 Å². The molecule has 0 bridgehead atoms. The number of ether oxygens (including phenoxy) is 2. The number of amides is 1. The third-order valence-corrected chi connectivity index (χ3v) is 4.62. The van der Waals surface area contributed by atoms with Crippen LogP contribution < -0.4 is 14.8 Å². The molecule has 6 heteroatoms. The number of methoxy groups -OCH3 is 1. The Labute approximate surface area is 144 Å². The number of carbonyl (C=O) groups excluding carboxylic acids is 1. The number of nitrogens with one attached hydrogen (secondary N) is 1. The molecule has 0 aliphatic rings. The van der Waals surface area contributed by atoms with Gasteiger partial charge in [-0.05, 0) is 30.7 Å². The zero-order valence-corrected chi connectivity index (χ0v) is 14.4. The molecule has 0 fully saturated rings. The van der Waals surface area contributed by atoms with Crippen molar-refractivity contribution >= 4 is 32.6 Å². The van der Waals surface area contributed by atoms with E-state index in [1.165, 1.54) is 11.3 Å². The molecule has 0 unspecified atom stereocenters. The van der Waals surface area contributed by atoms with Crippen LogP contribution in [0.15, 0.2) is 42.5 Å². The van der Waals surface area contributed by atoms with Crippen molar-refractivity contribution in [2.24, 2.45) is 0 Å². The van der Waals surface area contributed by atoms with E-state index in [1.54, 1.807) is 7.11 Å². The van der Waals surface area contributed by atoms with Gasteiger partial charge in [0.25, 0.3) is 0 Å². The fourth-order valence-corrected chi connectivity index (χ4v) is 3.26. The Morgan fingerprint density at radius 2 is 2.00 bits per heavy atom. The first-order chi connectivity index (χ1) is 11.7. The molecule has 0 radical (unpaired) electrons. The third-order valence-electron chi connectivity index (χ3n) is 3.51. The molecule has 0 saturated heterocycles. The van der Waals surface area contributed by atoms with Crippen molar-refractivity contribution in [1.29, 1.82) is 0 Å². The number of thiazole rings is 1. The van der Waals surface area contributed by atoms with Gasteiger partial charge in [0.15, 0.2) is 5.13 Å². The molecule has 124 valence electrons. The van der Waals surface area contributed by atoms with Crippen molar-refractivity contribution in [3.63, 3.8) is 0 Å². The Kier molecular flexibility index (Phi) is 4.96. The summed E-state index contributed by atoms with van der Waals surface area (Å²) in [4.78, 5) is 16.5. The van der Waals surface area contributed by atoms with E-state index in [0.717, 1.165) is 21.5 Å². The minimum Gasteiger partial charge on any atom is -0.494 e. The monoisotopic (exact) mass is 342 g/mol. The van der Waals surface area contributed by atoms with Gasteiger partial charge in [-0.15, -0.1) is 0 Å². The van der Waals surface area contributed by atoms with Gasteiger partial charge in [-0.1, -0.05) is 35.6 Å². The number of aromatic nitrogens is 1. The van der Waals surface area contributed by atoms with Gasteiger partial charge in [0.1, 0.15) is 17.0 Å². The highest BCUT2D eigenvalue weighted by molar-refractivity contribution is 7.22. The molecule has 0 atom stereocenters. The van der Waals surface area contributed by atoms with E-state index < -0.39 is 0 Å². The molecule has 3 rings (SSSR count). The van der Waals surface area contributed by atoms with E-state index >= 15 is 0 Å². The maximum atomic E-state index is 12.1. The lowest BCUT2D eigenvalue weighted by Crippen LogP contribution is -2.15. The topological polar surface area (TPSA) is 60.5 Å². The highest BCUT2D eigenvalue weighted by Gasteiger charge is 2.13. The quantitative estimate of drug-likeness (QED) is 0.735. The summed E-state index contributed by atoms with van der Waals surface area (Å²) in [7, 11) is 1.61. The first-order valence-corrected chi connectivity index (χ1v) is 8.41. The van der Waals surface area contributed by atoms with Crippen LogP contribution in [0.3, 0.4) is 0 Å². The molecule has 1 N–H and O–H groups in total. The molecule has 0 aliphatic carbocycles. The molecule has 1 heterocycles. The predicted octanol–water partition coefficient (Wildman–Crippen LogP) is 4.02. The van der Waals surface area contributed by atoms with Gasteiger partial charge in [0.2, 0.25) is 5.91 Å². The lowest BCUT2D eigenvalue weighted by Gasteiger charge is -2.05. The minimum atomic E-state index is -0.124. The summed E-state index contributed by atoms with van der Waals surface area (Å²) >= 11 is 1.45. The van der Waals surface area contributed by atoms with Gasteiger partial charge in [0.05, 0.1) is 24.8 Å². The minimum absolute atomic E-state index is 0.124. The molecular formula is C18H18N2O3S. The second-order valence-electron chi connectivity index (χ2n) is 5.24. The van der Waals surface area contributed by atoms with E-state index in [2.05, 4.69) is 10.3 Å². The number of aryl methyl sites for hydroxylation is 1. The van der Waals surface area contributed by atoms with Crippen LogP contribution >= 0.6 is 11.3 Å². The number of hydrogen-bond acceptors (Lipinski definition) is 5. The number of carbonyl (C=O) groups is 1. The highest BCUT2D eigenvalue weighted by Crippen LogP contribution is 2.34. The first kappa shape index (κ1) is 16.3. The van der Waals surface area contributed by atoms with E-state index in [1.807, 2.05) is 49.4 Å². The van der Waals surface area contributed by atoms with Gasteiger partial charge in [-0.2, -0.15) is 0 Å². The van der Waals surface area contributed by atoms with E-state index in [4.69, 9.17) is 9.47 Å². The summed E-state index contributed by atoms with van der Waals surface area (Å²) in [6.07, 6.45) is 0.265. The molecule has 0 spiro atoms. The summed E-state index contributed by atoms with van der Waals surface area (Å²) in [5, 5.41) is 3.40. The lowest BCUT2D eigenvalue weighted by molar-refractivity contribution is -0.116. The Hall–Kier alpha value is -2.60. The van der Waals surface area contributed by atoms with Crippen LogP contribution in [0.1, 0.15) is 12.0 Å². The van der Waals surface area contributed by atoms with Crippen molar-refractivity contribution in [3.8, 4) is 11.5 Å². The zero-order valence-electron chi connectivity index (χ0n) is 13.5. The maximum Gasteiger partial charge on any atom is 0.229 e. The maximum absolute atomic E-state index is 12.1. The van der Waals surface area contributed by atoms with Gasteiger partial charge < -0.3 is 14.8 Å². The lowest BCUT2D eigenvalue weighted by atomic mass is 10.2. The number of para-hydroxylation sites is 1. The van der Waals surface area contributed by atoms with Gasteiger partial charge in [-0.3, -0.25) is 4.79 Å². The number of hydrogen-bond donors (Lipinski definition) is 1. The van der Waals surface area contributed by atoms with Crippen molar-refractivity contribution in [1.82, 2.24) is 4.98 Å². The second-order valence-corrected chi connectivity index (χ2v) is 6.24. The Bertz CT molecular complexity index is 846. The predicted molar refractivity (Wildman–Crippen MR) is 96.1 cm³/mol. The molecule has 2 aromatic carbocycles. The molecule has 24 heavy (non-hydrogen) atoms. The Balaban J connectivity index is 1.62. The zero-order chi connectivity index (χ0) is 16.9. The van der Waals surface area contributed by atoms with Crippen LogP contribution in [0.2, 0.25) is 0 Å². The van der Waals surface area contributed by atoms with E-state index in [0.29, 0.717) is 17.5 Å². The van der Waals surface area contributed by atoms with Crippen LogP contribution in [0.5, 0.6) is 11.5 Å². The average molecular weight is 342 g/mol. The summed E-state index contributed by atoms with van der Waals surface area (Å²) in [5.41, 5.74) is 1.88. The Morgan fingerprint density at radius 1 is 1.21 bits per heavy atom. The molecule has 0 aliphatic heterocycles. The Morgan fingerprint density at radius 3 is 2.75 bits per heavy atom. The molecule has 1 aromatic heterocycles. The number of nitrogens with zero attached hydrogens (tertiary/aromatic N) is 1. The molecular weight excluding hydrogens is 324 g/mol. The van der Waals surface area contributed by atoms with Crippen LogP contribution in [0.4, 0.5) is 5.13 Å². The van der Waals surface area contributed by atoms with Gasteiger partial charge >= 0.3 is 0 Å². The first-order valence-electron chi connectivity index (χ1n) is 7.59. The summed E-state index contributed by atoms with van der Waals surface area (Å²) < 4.78 is 11.9. The SMILES string of the molecule is COc1ccc(C)c2sc(NC(=O)CCOc3ccccc3)nc12. The third kappa shape index (κ3) is 3.65. The van der Waals surface area contributed by atoms with E-state index in [9.17, 15) is 4.79 Å². The molecule has 0 saturated carbocycles. The summed E-state index contributed by atoms with van der Waals surface area (Å²) in [6, 6.07) is 13.3. The number of anilines is 1. The highest BCUT2D eigenvalue weighted by atomic mass is 32.1. The smallest absolute Gasteiger partial charge is 0.229 e. The number of fused-ring (bicyclic) bond motifs is 1. The molecule has 1 amide bonds. The van der Waals surface area contributed by atoms with Crippen molar-refractivity contribution in [2.45, 2.75) is 13.3 Å². The fourth-order valence-electron chi connectivity index (χ4n) is 2.29. The standard InChI is InChI=1S/C18H18N2O3S/c1-12-8-9-14(22-2)16-17(12)24-18(20-16)19-15(21)10-11-23-13-6-4-3-5-7-13/h3-9H,10-11H2,1-2H3,(H,19,20,21). The summed E-state index contributed by atoms with van der Waals surface area (Å²) in [6.45, 7) is 2.34.